The maximum atomic E-state index is 13.4. The van der Waals surface area contributed by atoms with E-state index in [4.69, 9.17) is 9.47 Å². The van der Waals surface area contributed by atoms with Crippen LogP contribution >= 0.6 is 0 Å². The molecule has 5 heteroatoms. The maximum absolute atomic E-state index is 13.4. The molecular weight excluding hydrogens is 404 g/mol. The fourth-order valence-corrected chi connectivity index (χ4v) is 10.0. The zero-order valence-corrected chi connectivity index (χ0v) is 20.3. The largest absolute Gasteiger partial charge is 0.393 e. The second kappa shape index (κ2) is 6.80. The standard InChI is InChI=1S/C27H42O5/c1-15-5-10-27(31-14-15)16(2)23-21(32-27)12-20-18-11-22(29)26(30)13-17(28)6-9-25(26,4)19(18)7-8-24(20,23)3/h15-21,23,28,30H,5-14H2,1-4H3/t15?,16-,17-,18+,19-,20-,21-,23-,24-,25+,26+,27+/m0/s1. The van der Waals surface area contributed by atoms with E-state index in [0.717, 1.165) is 38.7 Å². The monoisotopic (exact) mass is 446 g/mol. The molecule has 2 aliphatic heterocycles. The highest BCUT2D eigenvalue weighted by molar-refractivity contribution is 5.89. The highest BCUT2D eigenvalue weighted by Crippen LogP contribution is 2.71. The first-order chi connectivity index (χ1) is 15.0. The SMILES string of the molecule is CC1CC[C@@]2(OC1)O[C@H]1C[C@H]3[C@@H]4CC(=O)[C@]5(O)C[C@@H](O)CC[C@]5(C)[C@H]4CC[C@]3(C)[C@H]1[C@@H]2C. The van der Waals surface area contributed by atoms with E-state index in [0.29, 0.717) is 48.3 Å². The van der Waals surface area contributed by atoms with Crippen LogP contribution in [0.2, 0.25) is 0 Å². The highest BCUT2D eigenvalue weighted by atomic mass is 16.7. The molecule has 6 fully saturated rings. The van der Waals surface area contributed by atoms with Crippen LogP contribution in [0.4, 0.5) is 0 Å². The predicted octanol–water partition coefficient (Wildman–Crippen LogP) is 4.09. The van der Waals surface area contributed by atoms with E-state index >= 15 is 0 Å². The molecule has 4 aliphatic carbocycles. The van der Waals surface area contributed by atoms with Crippen LogP contribution in [0.5, 0.6) is 0 Å². The molecule has 2 saturated heterocycles. The van der Waals surface area contributed by atoms with Crippen LogP contribution in [-0.4, -0.2) is 46.2 Å². The summed E-state index contributed by atoms with van der Waals surface area (Å²) in [5, 5.41) is 21.8. The van der Waals surface area contributed by atoms with Crippen molar-refractivity contribution in [2.75, 3.05) is 6.61 Å². The fraction of sp³-hybridized carbons (Fsp3) is 0.963. The normalized spacial score (nSPS) is 61.8. The quantitative estimate of drug-likeness (QED) is 0.586. The molecule has 5 nitrogen and oxygen atoms in total. The number of carbonyl (C=O) groups is 1. The first-order valence-corrected chi connectivity index (χ1v) is 13.3. The second-order valence-electron chi connectivity index (χ2n) is 13.2. The van der Waals surface area contributed by atoms with Gasteiger partial charge in [-0.25, -0.2) is 0 Å². The van der Waals surface area contributed by atoms with Crippen LogP contribution < -0.4 is 0 Å². The number of ether oxygens (including phenoxy) is 2. The first kappa shape index (κ1) is 22.0. The molecule has 1 unspecified atom stereocenters. The Morgan fingerprint density at radius 2 is 1.81 bits per heavy atom. The van der Waals surface area contributed by atoms with Crippen molar-refractivity contribution >= 4 is 5.78 Å². The van der Waals surface area contributed by atoms with E-state index in [9.17, 15) is 15.0 Å². The van der Waals surface area contributed by atoms with E-state index < -0.39 is 22.9 Å². The lowest BCUT2D eigenvalue weighted by atomic mass is 9.42. The zero-order valence-electron chi connectivity index (χ0n) is 20.3. The number of ketones is 1. The van der Waals surface area contributed by atoms with Gasteiger partial charge in [-0.2, -0.15) is 0 Å². The van der Waals surface area contributed by atoms with Crippen LogP contribution in [0.3, 0.4) is 0 Å². The topological polar surface area (TPSA) is 76.0 Å². The third-order valence-electron chi connectivity index (χ3n) is 11.9. The van der Waals surface area contributed by atoms with Gasteiger partial charge in [0.15, 0.2) is 11.6 Å². The summed E-state index contributed by atoms with van der Waals surface area (Å²) >= 11 is 0. The number of Topliss-reactive ketones (excluding diaryl/α,β-unsaturated/α-hetero) is 1. The summed E-state index contributed by atoms with van der Waals surface area (Å²) in [6.07, 6.45) is 7.21. The molecule has 180 valence electrons. The van der Waals surface area contributed by atoms with Crippen LogP contribution in [-0.2, 0) is 14.3 Å². The summed E-state index contributed by atoms with van der Waals surface area (Å²) in [7, 11) is 0. The molecule has 2 heterocycles. The van der Waals surface area contributed by atoms with Crippen molar-refractivity contribution in [2.45, 2.75) is 109 Å². The third kappa shape index (κ3) is 2.58. The molecule has 4 saturated carbocycles. The Bertz CT molecular complexity index is 804. The van der Waals surface area contributed by atoms with Crippen LogP contribution in [0.15, 0.2) is 0 Å². The van der Waals surface area contributed by atoms with E-state index in [1.165, 1.54) is 6.42 Å². The molecule has 0 radical (unpaired) electrons. The Morgan fingerprint density at radius 1 is 1.03 bits per heavy atom. The summed E-state index contributed by atoms with van der Waals surface area (Å²) in [4.78, 5) is 13.4. The molecule has 6 aliphatic rings. The molecular formula is C27H42O5. The molecule has 0 aromatic rings. The molecule has 12 atom stereocenters. The molecule has 0 bridgehead atoms. The van der Waals surface area contributed by atoms with Crippen LogP contribution in [0.25, 0.3) is 0 Å². The second-order valence-corrected chi connectivity index (χ2v) is 13.2. The van der Waals surface area contributed by atoms with Crippen molar-refractivity contribution < 1.29 is 24.5 Å². The molecule has 0 aromatic heterocycles. The van der Waals surface area contributed by atoms with Crippen molar-refractivity contribution in [1.82, 2.24) is 0 Å². The minimum Gasteiger partial charge on any atom is -0.393 e. The van der Waals surface area contributed by atoms with Gasteiger partial charge in [-0.3, -0.25) is 4.79 Å². The summed E-state index contributed by atoms with van der Waals surface area (Å²) in [6, 6.07) is 0. The number of carbonyl (C=O) groups excluding carboxylic acids is 1. The third-order valence-corrected chi connectivity index (χ3v) is 11.9. The number of hydrogen-bond acceptors (Lipinski definition) is 5. The maximum Gasteiger partial charge on any atom is 0.171 e. The zero-order chi connectivity index (χ0) is 22.7. The summed E-state index contributed by atoms with van der Waals surface area (Å²) < 4.78 is 13.2. The van der Waals surface area contributed by atoms with Crippen molar-refractivity contribution in [2.24, 2.45) is 46.3 Å². The van der Waals surface area contributed by atoms with Crippen molar-refractivity contribution in [1.29, 1.82) is 0 Å². The average Bonchev–Trinajstić information content (AvgIpc) is 3.18. The Labute approximate surface area is 192 Å². The van der Waals surface area contributed by atoms with Gasteiger partial charge in [0.05, 0.1) is 18.8 Å². The van der Waals surface area contributed by atoms with Gasteiger partial charge in [-0.15, -0.1) is 0 Å². The molecule has 0 amide bonds. The van der Waals surface area contributed by atoms with E-state index in [2.05, 4.69) is 27.7 Å². The lowest BCUT2D eigenvalue weighted by molar-refractivity contribution is -0.273. The minimum absolute atomic E-state index is 0.0173. The Morgan fingerprint density at radius 3 is 2.53 bits per heavy atom. The summed E-state index contributed by atoms with van der Waals surface area (Å²) in [5.74, 6) is 2.20. The van der Waals surface area contributed by atoms with Gasteiger partial charge in [0.1, 0.15) is 5.60 Å². The molecule has 32 heavy (non-hydrogen) atoms. The Balaban J connectivity index is 1.30. The fourth-order valence-electron chi connectivity index (χ4n) is 10.0. The molecule has 0 aromatic carbocycles. The molecule has 2 N–H and O–H groups in total. The van der Waals surface area contributed by atoms with Gasteiger partial charge in [0, 0.05) is 30.6 Å². The molecule has 1 spiro atoms. The number of hydrogen-bond donors (Lipinski definition) is 2. The number of aliphatic hydroxyl groups is 2. The highest BCUT2D eigenvalue weighted by Gasteiger charge is 2.72. The summed E-state index contributed by atoms with van der Waals surface area (Å²) in [6.45, 7) is 10.0. The smallest absolute Gasteiger partial charge is 0.171 e. The van der Waals surface area contributed by atoms with Gasteiger partial charge in [-0.05, 0) is 73.5 Å². The Hall–Kier alpha value is -0.490. The number of fused-ring (bicyclic) bond motifs is 7. The minimum atomic E-state index is -1.35. The van der Waals surface area contributed by atoms with Crippen LogP contribution in [0, 0.1) is 46.3 Å². The van der Waals surface area contributed by atoms with Crippen molar-refractivity contribution in [3.05, 3.63) is 0 Å². The molecule has 6 rings (SSSR count). The van der Waals surface area contributed by atoms with Gasteiger partial charge >= 0.3 is 0 Å². The van der Waals surface area contributed by atoms with Crippen LogP contribution in [0.1, 0.15) is 85.5 Å². The van der Waals surface area contributed by atoms with E-state index in [1.54, 1.807) is 0 Å². The van der Waals surface area contributed by atoms with E-state index in [-0.39, 0.29) is 23.7 Å². The van der Waals surface area contributed by atoms with Gasteiger partial charge in [0.25, 0.3) is 0 Å². The Kier molecular flexibility index (Phi) is 4.68. The van der Waals surface area contributed by atoms with Gasteiger partial charge in [0.2, 0.25) is 0 Å². The first-order valence-electron chi connectivity index (χ1n) is 13.3. The lowest BCUT2D eigenvalue weighted by Crippen LogP contribution is -2.67. The average molecular weight is 447 g/mol. The van der Waals surface area contributed by atoms with Gasteiger partial charge < -0.3 is 19.7 Å². The number of aliphatic hydroxyl groups excluding tert-OH is 1. The van der Waals surface area contributed by atoms with Crippen molar-refractivity contribution in [3.63, 3.8) is 0 Å². The number of rotatable bonds is 0. The lowest BCUT2D eigenvalue weighted by Gasteiger charge is -2.63. The predicted molar refractivity (Wildman–Crippen MR) is 120 cm³/mol. The summed E-state index contributed by atoms with van der Waals surface area (Å²) in [5.41, 5.74) is -1.60. The van der Waals surface area contributed by atoms with Gasteiger partial charge in [-0.1, -0.05) is 27.7 Å². The van der Waals surface area contributed by atoms with E-state index in [1.807, 2.05) is 0 Å². The van der Waals surface area contributed by atoms with Crippen molar-refractivity contribution in [3.8, 4) is 0 Å².